The molecule has 0 radical (unpaired) electrons. The van der Waals surface area contributed by atoms with E-state index in [1.165, 1.54) is 24.3 Å². The van der Waals surface area contributed by atoms with E-state index in [1.54, 1.807) is 11.3 Å². The van der Waals surface area contributed by atoms with Crippen LogP contribution in [0.2, 0.25) is 0 Å². The molecule has 22 heavy (non-hydrogen) atoms. The Morgan fingerprint density at radius 3 is 2.82 bits per heavy atom. The number of nitrogens with zero attached hydrogens (tertiary/aromatic N) is 2. The Morgan fingerprint density at radius 1 is 1.45 bits per heavy atom. The summed E-state index contributed by atoms with van der Waals surface area (Å²) >= 11 is 5.25. The van der Waals surface area contributed by atoms with Crippen LogP contribution in [0.5, 0.6) is 0 Å². The molecule has 1 saturated carbocycles. The molecule has 0 spiro atoms. The zero-order valence-electron chi connectivity index (χ0n) is 13.0. The minimum atomic E-state index is 0. The van der Waals surface area contributed by atoms with Crippen LogP contribution in [0.3, 0.4) is 0 Å². The molecule has 1 saturated heterocycles. The number of thiophene rings is 1. The number of nitrogens with one attached hydrogen (secondary N) is 2. The molecule has 1 aliphatic carbocycles. The summed E-state index contributed by atoms with van der Waals surface area (Å²) in [6.45, 7) is 5.53. The maximum Gasteiger partial charge on any atom is 0.191 e. The summed E-state index contributed by atoms with van der Waals surface area (Å²) in [4.78, 5) is 8.30. The van der Waals surface area contributed by atoms with Gasteiger partial charge in [-0.2, -0.15) is 0 Å². The second-order valence-corrected chi connectivity index (χ2v) is 7.98. The molecule has 3 rings (SSSR count). The van der Waals surface area contributed by atoms with Gasteiger partial charge in [-0.3, -0.25) is 9.89 Å². The Labute approximate surface area is 162 Å². The van der Waals surface area contributed by atoms with Gasteiger partial charge in [0, 0.05) is 47.0 Å². The molecular weight excluding hydrogens is 475 g/mol. The lowest BCUT2D eigenvalue weighted by molar-refractivity contribution is 0.315. The van der Waals surface area contributed by atoms with Crippen molar-refractivity contribution in [3.8, 4) is 0 Å². The van der Waals surface area contributed by atoms with Crippen LogP contribution in [0.4, 0.5) is 0 Å². The highest BCUT2D eigenvalue weighted by Gasteiger charge is 2.38. The molecule has 0 bridgehead atoms. The van der Waals surface area contributed by atoms with E-state index in [0.29, 0.717) is 12.0 Å². The van der Waals surface area contributed by atoms with E-state index in [1.807, 2.05) is 7.05 Å². The largest absolute Gasteiger partial charge is 0.352 e. The monoisotopic (exact) mass is 498 g/mol. The number of hydrogen-bond donors (Lipinski definition) is 2. The van der Waals surface area contributed by atoms with E-state index in [2.05, 4.69) is 54.8 Å². The number of aliphatic imine (C=N–C) groups is 1. The van der Waals surface area contributed by atoms with E-state index < -0.39 is 0 Å². The number of rotatable bonds is 4. The van der Waals surface area contributed by atoms with E-state index in [-0.39, 0.29) is 24.0 Å². The van der Waals surface area contributed by atoms with Crippen LogP contribution in [0.25, 0.3) is 0 Å². The lowest BCUT2D eigenvalue weighted by atomic mass is 10.1. The van der Waals surface area contributed by atoms with Crippen LogP contribution < -0.4 is 10.6 Å². The summed E-state index contributed by atoms with van der Waals surface area (Å²) in [6.07, 6.45) is 2.78. The first kappa shape index (κ1) is 18.5. The van der Waals surface area contributed by atoms with Gasteiger partial charge in [0.25, 0.3) is 0 Å². The molecule has 2 heterocycles. The van der Waals surface area contributed by atoms with Gasteiger partial charge in [-0.25, -0.2) is 0 Å². The van der Waals surface area contributed by atoms with Gasteiger partial charge in [0.15, 0.2) is 5.96 Å². The highest BCUT2D eigenvalue weighted by Crippen LogP contribution is 2.31. The topological polar surface area (TPSA) is 39.7 Å². The van der Waals surface area contributed by atoms with Crippen LogP contribution in [0.1, 0.15) is 24.6 Å². The summed E-state index contributed by atoms with van der Waals surface area (Å²) in [7, 11) is 1.85. The van der Waals surface area contributed by atoms with Crippen LogP contribution in [0.15, 0.2) is 20.9 Å². The fraction of sp³-hybridized carbons (Fsp3) is 0.667. The van der Waals surface area contributed by atoms with Crippen molar-refractivity contribution >= 4 is 57.2 Å². The highest BCUT2D eigenvalue weighted by atomic mass is 127. The molecule has 2 N–H and O–H groups in total. The molecule has 0 amide bonds. The summed E-state index contributed by atoms with van der Waals surface area (Å²) < 4.78 is 1.15. The number of guanidine groups is 1. The van der Waals surface area contributed by atoms with E-state index >= 15 is 0 Å². The van der Waals surface area contributed by atoms with Crippen LogP contribution in [-0.4, -0.2) is 43.1 Å². The molecule has 124 valence electrons. The van der Waals surface area contributed by atoms with Gasteiger partial charge in [-0.1, -0.05) is 6.92 Å². The molecule has 2 fully saturated rings. The van der Waals surface area contributed by atoms with Crippen molar-refractivity contribution in [2.45, 2.75) is 38.4 Å². The minimum absolute atomic E-state index is 0. The van der Waals surface area contributed by atoms with Crippen molar-refractivity contribution in [1.29, 1.82) is 0 Å². The number of likely N-dealkylation sites (tertiary alicyclic amines) is 1. The maximum atomic E-state index is 4.36. The third-order valence-electron chi connectivity index (χ3n) is 4.30. The predicted octanol–water partition coefficient (Wildman–Crippen LogP) is 3.28. The van der Waals surface area contributed by atoms with Crippen LogP contribution in [0, 0.1) is 5.92 Å². The molecule has 4 nitrogen and oxygen atoms in total. The molecule has 2 atom stereocenters. The Kier molecular flexibility index (Phi) is 6.97. The number of hydrogen-bond acceptors (Lipinski definition) is 3. The van der Waals surface area contributed by atoms with Gasteiger partial charge < -0.3 is 10.6 Å². The second-order valence-electron chi connectivity index (χ2n) is 6.07. The van der Waals surface area contributed by atoms with E-state index in [9.17, 15) is 0 Å². The standard InChI is InChI=1S/C15H23BrN4S.HI/c1-10-7-20(12-3-4-12)8-14(10)19-15(17-2)18-6-13-5-11(16)9-21-13;/h5,9-10,12,14H,3-4,6-8H2,1-2H3,(H2,17,18,19);1H. The van der Waals surface area contributed by atoms with E-state index in [0.717, 1.165) is 29.6 Å². The van der Waals surface area contributed by atoms with Crippen molar-refractivity contribution in [3.63, 3.8) is 0 Å². The van der Waals surface area contributed by atoms with Gasteiger partial charge in [0.2, 0.25) is 0 Å². The van der Waals surface area contributed by atoms with Crippen molar-refractivity contribution in [2.75, 3.05) is 20.1 Å². The maximum absolute atomic E-state index is 4.36. The zero-order valence-corrected chi connectivity index (χ0v) is 17.7. The van der Waals surface area contributed by atoms with E-state index in [4.69, 9.17) is 0 Å². The molecule has 7 heteroatoms. The van der Waals surface area contributed by atoms with Crippen LogP contribution in [-0.2, 0) is 6.54 Å². The third-order valence-corrected chi connectivity index (χ3v) is 6.00. The van der Waals surface area contributed by atoms with Gasteiger partial charge in [0.05, 0.1) is 6.54 Å². The zero-order chi connectivity index (χ0) is 14.8. The number of halogens is 2. The SMILES string of the molecule is CN=C(NCc1cc(Br)cs1)NC1CN(C2CC2)CC1C.I. The summed E-state index contributed by atoms with van der Waals surface area (Å²) in [6, 6.07) is 3.52. The summed E-state index contributed by atoms with van der Waals surface area (Å²) in [5, 5.41) is 9.12. The fourth-order valence-electron chi connectivity index (χ4n) is 2.92. The molecule has 1 aromatic rings. The average molecular weight is 499 g/mol. The predicted molar refractivity (Wildman–Crippen MR) is 108 cm³/mol. The van der Waals surface area contributed by atoms with Gasteiger partial charge in [-0.05, 0) is 40.8 Å². The molecular formula is C15H24BrIN4S. The van der Waals surface area contributed by atoms with Crippen molar-refractivity contribution in [1.82, 2.24) is 15.5 Å². The highest BCUT2D eigenvalue weighted by molar-refractivity contribution is 14.0. The van der Waals surface area contributed by atoms with Gasteiger partial charge in [-0.15, -0.1) is 35.3 Å². The van der Waals surface area contributed by atoms with Gasteiger partial charge in [0.1, 0.15) is 0 Å². The summed E-state index contributed by atoms with van der Waals surface area (Å²) in [5.41, 5.74) is 0. The lowest BCUT2D eigenvalue weighted by Gasteiger charge is -2.20. The Balaban J connectivity index is 0.00000176. The Morgan fingerprint density at radius 2 is 2.23 bits per heavy atom. The average Bonchev–Trinajstić information content (AvgIpc) is 3.14. The molecule has 1 aliphatic heterocycles. The molecule has 2 unspecified atom stereocenters. The Hall–Kier alpha value is 0.140. The lowest BCUT2D eigenvalue weighted by Crippen LogP contribution is -2.46. The first-order chi connectivity index (χ1) is 10.2. The minimum Gasteiger partial charge on any atom is -0.352 e. The van der Waals surface area contributed by atoms with Crippen LogP contribution >= 0.6 is 51.2 Å². The first-order valence-electron chi connectivity index (χ1n) is 7.60. The normalized spacial score (nSPS) is 25.9. The van der Waals surface area contributed by atoms with Crippen molar-refractivity contribution < 1.29 is 0 Å². The van der Waals surface area contributed by atoms with Gasteiger partial charge >= 0.3 is 0 Å². The van der Waals surface area contributed by atoms with Crippen molar-refractivity contribution in [2.24, 2.45) is 10.9 Å². The third kappa shape index (κ3) is 4.82. The Bertz CT molecular complexity index is 517. The summed E-state index contributed by atoms with van der Waals surface area (Å²) in [5.74, 6) is 1.59. The molecule has 0 aromatic carbocycles. The fourth-order valence-corrected chi connectivity index (χ4v) is 4.31. The first-order valence-corrected chi connectivity index (χ1v) is 9.27. The smallest absolute Gasteiger partial charge is 0.191 e. The van der Waals surface area contributed by atoms with Crippen molar-refractivity contribution in [3.05, 3.63) is 20.8 Å². The quantitative estimate of drug-likeness (QED) is 0.380. The molecule has 1 aromatic heterocycles. The molecule has 2 aliphatic rings. The second kappa shape index (κ2) is 8.30.